The molecule has 1 saturated heterocycles. The van der Waals surface area contributed by atoms with E-state index < -0.39 is 0 Å². The van der Waals surface area contributed by atoms with Gasteiger partial charge in [-0.25, -0.2) is 0 Å². The van der Waals surface area contributed by atoms with Gasteiger partial charge in [0.05, 0.1) is 12.1 Å². The van der Waals surface area contributed by atoms with Crippen LogP contribution in [-0.2, 0) is 9.53 Å². The molecule has 1 aromatic heterocycles. The first-order valence-corrected chi connectivity index (χ1v) is 7.89. The molecule has 2 atom stereocenters. The Morgan fingerprint density at radius 2 is 2.00 bits per heavy atom. The van der Waals surface area contributed by atoms with E-state index in [9.17, 15) is 4.79 Å². The van der Waals surface area contributed by atoms with Crippen molar-refractivity contribution in [3.63, 3.8) is 0 Å². The van der Waals surface area contributed by atoms with Crippen LogP contribution in [0.3, 0.4) is 0 Å². The minimum atomic E-state index is -0.213. The number of methoxy groups -OCH3 is 1. The van der Waals surface area contributed by atoms with E-state index in [-0.39, 0.29) is 18.1 Å². The first-order valence-electron chi connectivity index (χ1n) is 7.89. The topological polar surface area (TPSA) is 63.7 Å². The number of rotatable bonds is 5. The summed E-state index contributed by atoms with van der Waals surface area (Å²) in [6.45, 7) is 0.749. The maximum absolute atomic E-state index is 12.5. The number of aromatic nitrogens is 1. The molecule has 3 rings (SSSR count). The fourth-order valence-electron chi connectivity index (χ4n) is 2.79. The molecule has 1 aliphatic heterocycles. The van der Waals surface area contributed by atoms with Gasteiger partial charge in [-0.3, -0.25) is 9.69 Å². The highest BCUT2D eigenvalue weighted by Crippen LogP contribution is 2.22. The number of para-hydroxylation sites is 1. The second kappa shape index (κ2) is 7.42. The summed E-state index contributed by atoms with van der Waals surface area (Å²) >= 11 is 0. The highest BCUT2D eigenvalue weighted by atomic mass is 16.5. The third-order valence-corrected chi connectivity index (χ3v) is 4.09. The van der Waals surface area contributed by atoms with Crippen LogP contribution < -0.4 is 10.1 Å². The molecular weight excluding hydrogens is 306 g/mol. The van der Waals surface area contributed by atoms with Crippen LogP contribution in [0.5, 0.6) is 11.6 Å². The summed E-state index contributed by atoms with van der Waals surface area (Å²) in [6.07, 6.45) is 0.769. The lowest BCUT2D eigenvalue weighted by molar-refractivity contribution is -0.120. The molecule has 0 saturated carbocycles. The first-order chi connectivity index (χ1) is 11.7. The molecule has 0 unspecified atom stereocenters. The summed E-state index contributed by atoms with van der Waals surface area (Å²) in [4.78, 5) is 18.8. The SMILES string of the molecule is CO[C@H]1C[C@@H](C(=O)Nc2cccc(Oc3ccccc3)n2)N(C)C1. The van der Waals surface area contributed by atoms with Gasteiger partial charge in [0.1, 0.15) is 11.6 Å². The largest absolute Gasteiger partial charge is 0.439 e. The lowest BCUT2D eigenvalue weighted by Gasteiger charge is -2.18. The number of hydrogen-bond donors (Lipinski definition) is 1. The quantitative estimate of drug-likeness (QED) is 0.914. The molecule has 126 valence electrons. The number of anilines is 1. The first kappa shape index (κ1) is 16.4. The zero-order valence-corrected chi connectivity index (χ0v) is 13.8. The number of likely N-dealkylation sites (tertiary alicyclic amines) is 1. The standard InChI is InChI=1S/C18H21N3O3/c1-21-12-14(23-2)11-15(21)18(22)20-16-9-6-10-17(19-16)24-13-7-4-3-5-8-13/h3-10,14-15H,11-12H2,1-2H3,(H,19,20,22)/t14-,15-/m0/s1. The van der Waals surface area contributed by atoms with E-state index in [1.54, 1.807) is 25.3 Å². The van der Waals surface area contributed by atoms with Gasteiger partial charge in [0.15, 0.2) is 0 Å². The van der Waals surface area contributed by atoms with Gasteiger partial charge >= 0.3 is 0 Å². The summed E-state index contributed by atoms with van der Waals surface area (Å²) in [7, 11) is 3.59. The zero-order chi connectivity index (χ0) is 16.9. The van der Waals surface area contributed by atoms with Crippen molar-refractivity contribution in [3.8, 4) is 11.6 Å². The molecule has 6 heteroatoms. The highest BCUT2D eigenvalue weighted by molar-refractivity contribution is 5.94. The van der Waals surface area contributed by atoms with E-state index in [0.29, 0.717) is 23.9 Å². The molecule has 0 radical (unpaired) electrons. The van der Waals surface area contributed by atoms with E-state index in [1.165, 1.54) is 0 Å². The number of amides is 1. The molecule has 1 fully saturated rings. The minimum absolute atomic E-state index is 0.0820. The number of hydrogen-bond acceptors (Lipinski definition) is 5. The van der Waals surface area contributed by atoms with Crippen molar-refractivity contribution >= 4 is 11.7 Å². The van der Waals surface area contributed by atoms with Crippen molar-refractivity contribution in [2.45, 2.75) is 18.6 Å². The summed E-state index contributed by atoms with van der Waals surface area (Å²) < 4.78 is 11.0. The molecule has 0 spiro atoms. The average Bonchev–Trinajstić information content (AvgIpc) is 2.97. The lowest BCUT2D eigenvalue weighted by Crippen LogP contribution is -2.37. The second-order valence-electron chi connectivity index (χ2n) is 5.81. The predicted octanol–water partition coefficient (Wildman–Crippen LogP) is 2.53. The van der Waals surface area contributed by atoms with Crippen LogP contribution in [0.4, 0.5) is 5.82 Å². The average molecular weight is 327 g/mol. The van der Waals surface area contributed by atoms with E-state index in [1.807, 2.05) is 42.3 Å². The molecule has 2 heterocycles. The minimum Gasteiger partial charge on any atom is -0.439 e. The fourth-order valence-corrected chi connectivity index (χ4v) is 2.79. The van der Waals surface area contributed by atoms with E-state index in [0.717, 1.165) is 6.54 Å². The van der Waals surface area contributed by atoms with E-state index in [2.05, 4.69) is 10.3 Å². The van der Waals surface area contributed by atoms with Crippen LogP contribution in [0.25, 0.3) is 0 Å². The summed E-state index contributed by atoms with van der Waals surface area (Å²) in [5.74, 6) is 1.53. The monoisotopic (exact) mass is 327 g/mol. The highest BCUT2D eigenvalue weighted by Gasteiger charge is 2.34. The van der Waals surface area contributed by atoms with Crippen molar-refractivity contribution in [2.24, 2.45) is 0 Å². The smallest absolute Gasteiger partial charge is 0.242 e. The fraction of sp³-hybridized carbons (Fsp3) is 0.333. The van der Waals surface area contributed by atoms with Gasteiger partial charge in [0.2, 0.25) is 11.8 Å². The Bertz CT molecular complexity index is 693. The Balaban J connectivity index is 1.65. The molecule has 1 N–H and O–H groups in total. The Labute approximate surface area is 141 Å². The normalized spacial score (nSPS) is 20.8. The van der Waals surface area contributed by atoms with Gasteiger partial charge in [0, 0.05) is 19.7 Å². The molecule has 1 amide bonds. The molecular formula is C18H21N3O3. The molecule has 24 heavy (non-hydrogen) atoms. The van der Waals surface area contributed by atoms with Crippen molar-refractivity contribution in [2.75, 3.05) is 26.0 Å². The summed E-state index contributed by atoms with van der Waals surface area (Å²) in [5, 5.41) is 2.86. The van der Waals surface area contributed by atoms with Gasteiger partial charge in [0.25, 0.3) is 0 Å². The third kappa shape index (κ3) is 3.90. The number of nitrogens with one attached hydrogen (secondary N) is 1. The molecule has 6 nitrogen and oxygen atoms in total. The number of ether oxygens (including phenoxy) is 2. The van der Waals surface area contributed by atoms with Crippen LogP contribution in [0.2, 0.25) is 0 Å². The van der Waals surface area contributed by atoms with Crippen molar-refractivity contribution < 1.29 is 14.3 Å². The zero-order valence-electron chi connectivity index (χ0n) is 13.8. The van der Waals surface area contributed by atoms with Crippen LogP contribution in [-0.4, -0.2) is 48.6 Å². The summed E-state index contributed by atoms with van der Waals surface area (Å²) in [6, 6.07) is 14.5. The third-order valence-electron chi connectivity index (χ3n) is 4.09. The van der Waals surface area contributed by atoms with Crippen LogP contribution in [0.15, 0.2) is 48.5 Å². The van der Waals surface area contributed by atoms with Gasteiger partial charge in [-0.2, -0.15) is 4.98 Å². The van der Waals surface area contributed by atoms with Crippen LogP contribution in [0.1, 0.15) is 6.42 Å². The molecule has 0 bridgehead atoms. The van der Waals surface area contributed by atoms with Gasteiger partial charge < -0.3 is 14.8 Å². The van der Waals surface area contributed by atoms with Gasteiger partial charge in [-0.05, 0) is 31.7 Å². The Morgan fingerprint density at radius 1 is 1.21 bits per heavy atom. The number of carbonyl (C=O) groups excluding carboxylic acids is 1. The second-order valence-corrected chi connectivity index (χ2v) is 5.81. The molecule has 2 aromatic rings. The van der Waals surface area contributed by atoms with E-state index in [4.69, 9.17) is 9.47 Å². The van der Waals surface area contributed by atoms with Crippen molar-refractivity contribution in [1.82, 2.24) is 9.88 Å². The molecule has 1 aliphatic rings. The van der Waals surface area contributed by atoms with Crippen LogP contribution in [0, 0.1) is 0 Å². The lowest BCUT2D eigenvalue weighted by atomic mass is 10.2. The maximum Gasteiger partial charge on any atom is 0.242 e. The number of carbonyl (C=O) groups is 1. The van der Waals surface area contributed by atoms with Crippen molar-refractivity contribution in [1.29, 1.82) is 0 Å². The number of nitrogens with zero attached hydrogens (tertiary/aromatic N) is 2. The number of likely N-dealkylation sites (N-methyl/N-ethyl adjacent to an activating group) is 1. The van der Waals surface area contributed by atoms with Crippen molar-refractivity contribution in [3.05, 3.63) is 48.5 Å². The van der Waals surface area contributed by atoms with Gasteiger partial charge in [-0.1, -0.05) is 24.3 Å². The Kier molecular flexibility index (Phi) is 5.08. The number of pyridine rings is 1. The summed E-state index contributed by atoms with van der Waals surface area (Å²) in [5.41, 5.74) is 0. The Hall–Kier alpha value is -2.44. The van der Waals surface area contributed by atoms with Gasteiger partial charge in [-0.15, -0.1) is 0 Å². The number of benzene rings is 1. The maximum atomic E-state index is 12.5. The van der Waals surface area contributed by atoms with Crippen LogP contribution >= 0.6 is 0 Å². The Morgan fingerprint density at radius 3 is 2.71 bits per heavy atom. The molecule has 1 aromatic carbocycles. The predicted molar refractivity (Wildman–Crippen MR) is 91.2 cm³/mol. The molecule has 0 aliphatic carbocycles. The van der Waals surface area contributed by atoms with E-state index >= 15 is 0 Å².